The molecule has 6 heteroatoms. The standard InChI is InChI=1S/C6H16O4SSi/c1-5-6-9-11(7,8)10-12(2,3)4/h5-6H2,1-4H3. The summed E-state index contributed by atoms with van der Waals surface area (Å²) in [7, 11) is -5.80. The SMILES string of the molecule is CCCOS(=O)(=O)O[Si](C)(C)C. The first kappa shape index (κ1) is 12.1. The van der Waals surface area contributed by atoms with Crippen molar-refractivity contribution in [1.29, 1.82) is 0 Å². The van der Waals surface area contributed by atoms with E-state index in [2.05, 4.69) is 4.18 Å². The van der Waals surface area contributed by atoms with Gasteiger partial charge in [-0.25, -0.2) is 4.18 Å². The Hall–Kier alpha value is 0.0869. The first-order valence-electron chi connectivity index (χ1n) is 3.87. The van der Waals surface area contributed by atoms with E-state index in [1.165, 1.54) is 0 Å². The second-order valence-corrected chi connectivity index (χ2v) is 9.37. The van der Waals surface area contributed by atoms with Crippen LogP contribution in [0.15, 0.2) is 0 Å². The Bertz CT molecular complexity index is 216. The first-order valence-corrected chi connectivity index (χ1v) is 8.61. The molecule has 0 bridgehead atoms. The quantitative estimate of drug-likeness (QED) is 0.648. The van der Waals surface area contributed by atoms with Crippen LogP contribution in [0.25, 0.3) is 0 Å². The Morgan fingerprint density at radius 3 is 2.08 bits per heavy atom. The normalized spacial score (nSPS) is 13.3. The van der Waals surface area contributed by atoms with Crippen molar-refractivity contribution < 1.29 is 16.5 Å². The lowest BCUT2D eigenvalue weighted by atomic mass is 10.5. The molecule has 0 unspecified atom stereocenters. The van der Waals surface area contributed by atoms with Crippen molar-refractivity contribution in [1.82, 2.24) is 0 Å². The van der Waals surface area contributed by atoms with Crippen LogP contribution >= 0.6 is 0 Å². The summed E-state index contributed by atoms with van der Waals surface area (Å²) in [5.74, 6) is 0. The van der Waals surface area contributed by atoms with Crippen LogP contribution in [0.4, 0.5) is 0 Å². The summed E-state index contributed by atoms with van der Waals surface area (Å²) in [5, 5.41) is 0. The highest BCUT2D eigenvalue weighted by atomic mass is 32.3. The van der Waals surface area contributed by atoms with Crippen LogP contribution < -0.4 is 0 Å². The lowest BCUT2D eigenvalue weighted by Crippen LogP contribution is -2.30. The molecule has 12 heavy (non-hydrogen) atoms. The Labute approximate surface area is 75.3 Å². The zero-order valence-corrected chi connectivity index (χ0v) is 9.77. The van der Waals surface area contributed by atoms with Gasteiger partial charge in [0, 0.05) is 0 Å². The van der Waals surface area contributed by atoms with E-state index in [4.69, 9.17) is 3.87 Å². The van der Waals surface area contributed by atoms with Crippen LogP contribution in [0.2, 0.25) is 19.6 Å². The van der Waals surface area contributed by atoms with Gasteiger partial charge in [-0.1, -0.05) is 6.92 Å². The third-order valence-corrected chi connectivity index (χ3v) is 4.06. The summed E-state index contributed by atoms with van der Waals surface area (Å²) in [6.07, 6.45) is 0.661. The van der Waals surface area contributed by atoms with Crippen LogP contribution in [-0.2, 0) is 18.5 Å². The first-order chi connectivity index (χ1) is 5.27. The number of rotatable bonds is 5. The summed E-state index contributed by atoms with van der Waals surface area (Å²) in [4.78, 5) is 0. The molecule has 0 saturated heterocycles. The largest absolute Gasteiger partial charge is 0.390 e. The predicted molar refractivity (Wildman–Crippen MR) is 49.6 cm³/mol. The fourth-order valence-corrected chi connectivity index (χ4v) is 3.53. The van der Waals surface area contributed by atoms with Gasteiger partial charge in [0.1, 0.15) is 0 Å². The average Bonchev–Trinajstić information content (AvgIpc) is 1.78. The molecule has 4 nitrogen and oxygen atoms in total. The molecule has 0 rings (SSSR count). The van der Waals surface area contributed by atoms with E-state index in [0.717, 1.165) is 0 Å². The molecule has 0 aromatic heterocycles. The van der Waals surface area contributed by atoms with Crippen molar-refractivity contribution in [2.45, 2.75) is 33.0 Å². The molecule has 0 aliphatic carbocycles. The van der Waals surface area contributed by atoms with Gasteiger partial charge in [-0.2, -0.15) is 8.42 Å². The summed E-state index contributed by atoms with van der Waals surface area (Å²) in [5.41, 5.74) is 0. The van der Waals surface area contributed by atoms with Gasteiger partial charge < -0.3 is 0 Å². The van der Waals surface area contributed by atoms with Crippen LogP contribution in [0.3, 0.4) is 0 Å². The zero-order chi connectivity index (χ0) is 9.83. The lowest BCUT2D eigenvalue weighted by Gasteiger charge is -2.15. The molecule has 0 amide bonds. The van der Waals surface area contributed by atoms with Gasteiger partial charge in [0.15, 0.2) is 0 Å². The predicted octanol–water partition coefficient (Wildman–Crippen LogP) is 1.51. The topological polar surface area (TPSA) is 52.6 Å². The maximum atomic E-state index is 11.0. The maximum Gasteiger partial charge on any atom is 0.390 e. The smallest absolute Gasteiger partial charge is 0.294 e. The van der Waals surface area contributed by atoms with Gasteiger partial charge >= 0.3 is 10.4 Å². The van der Waals surface area contributed by atoms with Gasteiger partial charge in [0.2, 0.25) is 8.32 Å². The molecule has 0 N–H and O–H groups in total. The second-order valence-electron chi connectivity index (χ2n) is 3.43. The Morgan fingerprint density at radius 1 is 1.25 bits per heavy atom. The van der Waals surface area contributed by atoms with E-state index < -0.39 is 18.7 Å². The molecular formula is C6H16O4SSi. The molecule has 0 saturated carbocycles. The Balaban J connectivity index is 4.06. The van der Waals surface area contributed by atoms with Crippen LogP contribution in [-0.4, -0.2) is 23.3 Å². The fourth-order valence-electron chi connectivity index (χ4n) is 0.516. The number of hydrogen-bond acceptors (Lipinski definition) is 4. The van der Waals surface area contributed by atoms with Crippen LogP contribution in [0.5, 0.6) is 0 Å². The second kappa shape index (κ2) is 4.36. The van der Waals surface area contributed by atoms with E-state index in [1.807, 2.05) is 6.92 Å². The third kappa shape index (κ3) is 6.78. The molecular weight excluding hydrogens is 196 g/mol. The molecule has 0 aromatic carbocycles. The van der Waals surface area contributed by atoms with Crippen molar-refractivity contribution in [2.75, 3.05) is 6.61 Å². The summed E-state index contributed by atoms with van der Waals surface area (Å²) in [6, 6.07) is 0. The zero-order valence-electron chi connectivity index (χ0n) is 7.96. The van der Waals surface area contributed by atoms with E-state index in [9.17, 15) is 8.42 Å². The van der Waals surface area contributed by atoms with Gasteiger partial charge in [0.05, 0.1) is 6.61 Å². The molecule has 0 spiro atoms. The molecule has 0 fully saturated rings. The molecule has 0 atom stereocenters. The third-order valence-electron chi connectivity index (χ3n) is 0.784. The van der Waals surface area contributed by atoms with Crippen molar-refractivity contribution in [3.63, 3.8) is 0 Å². The highest BCUT2D eigenvalue weighted by molar-refractivity contribution is 7.83. The Morgan fingerprint density at radius 2 is 1.75 bits per heavy atom. The van der Waals surface area contributed by atoms with Crippen molar-refractivity contribution in [2.24, 2.45) is 0 Å². The summed E-state index contributed by atoms with van der Waals surface area (Å²) in [6.45, 7) is 7.40. The maximum absolute atomic E-state index is 11.0. The van der Waals surface area contributed by atoms with Crippen molar-refractivity contribution in [3.05, 3.63) is 0 Å². The van der Waals surface area contributed by atoms with Crippen LogP contribution in [0, 0.1) is 0 Å². The van der Waals surface area contributed by atoms with Gasteiger partial charge in [-0.3, -0.25) is 3.87 Å². The highest BCUT2D eigenvalue weighted by Crippen LogP contribution is 2.09. The lowest BCUT2D eigenvalue weighted by molar-refractivity contribution is 0.272. The highest BCUT2D eigenvalue weighted by Gasteiger charge is 2.24. The molecule has 0 aromatic rings. The minimum Gasteiger partial charge on any atom is -0.294 e. The van der Waals surface area contributed by atoms with Gasteiger partial charge in [-0.05, 0) is 26.1 Å². The molecule has 74 valence electrons. The molecule has 0 radical (unpaired) electrons. The summed E-state index contributed by atoms with van der Waals surface area (Å²) < 4.78 is 31.3. The average molecular weight is 212 g/mol. The van der Waals surface area contributed by atoms with E-state index in [0.29, 0.717) is 6.42 Å². The van der Waals surface area contributed by atoms with Crippen molar-refractivity contribution >= 4 is 18.7 Å². The minimum atomic E-state index is -3.74. The van der Waals surface area contributed by atoms with Crippen molar-refractivity contribution in [3.8, 4) is 0 Å². The molecule has 0 aliphatic heterocycles. The fraction of sp³-hybridized carbons (Fsp3) is 1.00. The Kier molecular flexibility index (Phi) is 4.39. The summed E-state index contributed by atoms with van der Waals surface area (Å²) >= 11 is 0. The molecule has 0 heterocycles. The minimum absolute atomic E-state index is 0.187. The molecule has 0 aliphatic rings. The number of hydrogen-bond donors (Lipinski definition) is 0. The monoisotopic (exact) mass is 212 g/mol. The van der Waals surface area contributed by atoms with E-state index in [1.54, 1.807) is 19.6 Å². The van der Waals surface area contributed by atoms with E-state index >= 15 is 0 Å². The van der Waals surface area contributed by atoms with Gasteiger partial charge in [0.25, 0.3) is 0 Å². The van der Waals surface area contributed by atoms with Crippen LogP contribution in [0.1, 0.15) is 13.3 Å². The van der Waals surface area contributed by atoms with E-state index in [-0.39, 0.29) is 6.61 Å². The van der Waals surface area contributed by atoms with Gasteiger partial charge in [-0.15, -0.1) is 0 Å².